The number of hydrogen-bond acceptors (Lipinski definition) is 3. The van der Waals surface area contributed by atoms with Crippen LogP contribution in [0, 0.1) is 17.8 Å². The maximum Gasteiger partial charge on any atom is 0.332 e. The molecule has 6 heteroatoms. The first-order valence-electron chi connectivity index (χ1n) is 10.5. The smallest absolute Gasteiger partial charge is 0.332 e. The third-order valence-electron chi connectivity index (χ3n) is 6.79. The van der Waals surface area contributed by atoms with Crippen molar-refractivity contribution in [3.63, 3.8) is 0 Å². The van der Waals surface area contributed by atoms with Crippen LogP contribution in [-0.4, -0.2) is 52.8 Å². The zero-order valence-corrected chi connectivity index (χ0v) is 18.1. The fourth-order valence-corrected chi connectivity index (χ4v) is 5.89. The summed E-state index contributed by atoms with van der Waals surface area (Å²) in [6, 6.07) is 6.71. The molecule has 6 nitrogen and oxygen atoms in total. The van der Waals surface area contributed by atoms with Gasteiger partial charge in [0.1, 0.15) is 12.6 Å². The van der Waals surface area contributed by atoms with Gasteiger partial charge in [0.25, 0.3) is 5.91 Å². The first kappa shape index (κ1) is 19.9. The third-order valence-corrected chi connectivity index (χ3v) is 6.79. The van der Waals surface area contributed by atoms with Crippen LogP contribution in [0.15, 0.2) is 24.3 Å². The van der Waals surface area contributed by atoms with E-state index in [2.05, 4.69) is 20.8 Å². The molecular weight excluding hydrogens is 366 g/mol. The van der Waals surface area contributed by atoms with Crippen molar-refractivity contribution in [3.8, 4) is 0 Å². The fraction of sp³-hybridized carbons (Fsp3) is 0.609. The van der Waals surface area contributed by atoms with Gasteiger partial charge in [0.2, 0.25) is 5.91 Å². The number of anilines is 1. The molecule has 2 saturated heterocycles. The van der Waals surface area contributed by atoms with E-state index in [1.165, 1.54) is 4.90 Å². The van der Waals surface area contributed by atoms with Gasteiger partial charge in [0.15, 0.2) is 0 Å². The van der Waals surface area contributed by atoms with Crippen LogP contribution >= 0.6 is 0 Å². The van der Waals surface area contributed by atoms with Crippen LogP contribution in [0.1, 0.15) is 52.5 Å². The number of hydrogen-bond donors (Lipinski definition) is 0. The predicted octanol–water partition coefficient (Wildman–Crippen LogP) is 3.58. The molecule has 1 aromatic carbocycles. The van der Waals surface area contributed by atoms with Crippen LogP contribution < -0.4 is 4.90 Å². The molecule has 29 heavy (non-hydrogen) atoms. The Hall–Kier alpha value is -2.37. The normalized spacial score (nSPS) is 31.0. The highest BCUT2D eigenvalue weighted by Gasteiger charge is 2.52. The summed E-state index contributed by atoms with van der Waals surface area (Å²) >= 11 is 0. The van der Waals surface area contributed by atoms with Crippen molar-refractivity contribution in [2.75, 3.05) is 18.0 Å². The topological polar surface area (TPSA) is 60.9 Å². The average molecular weight is 398 g/mol. The molecule has 0 unspecified atom stereocenters. The van der Waals surface area contributed by atoms with Gasteiger partial charge in [-0.25, -0.2) is 4.79 Å². The molecule has 156 valence electrons. The number of benzene rings is 1. The lowest BCUT2D eigenvalue weighted by Gasteiger charge is -2.39. The molecule has 1 saturated carbocycles. The summed E-state index contributed by atoms with van der Waals surface area (Å²) in [4.78, 5) is 43.5. The van der Waals surface area contributed by atoms with E-state index in [0.717, 1.165) is 29.7 Å². The van der Waals surface area contributed by atoms with Crippen molar-refractivity contribution in [1.29, 1.82) is 0 Å². The molecular formula is C23H31N3O3. The van der Waals surface area contributed by atoms with Crippen LogP contribution in [0.2, 0.25) is 0 Å². The van der Waals surface area contributed by atoms with Crippen LogP contribution in [0.5, 0.6) is 0 Å². The van der Waals surface area contributed by atoms with Gasteiger partial charge in [-0.3, -0.25) is 19.4 Å². The number of nitrogens with zero attached hydrogens (tertiary/aromatic N) is 3. The minimum Gasteiger partial charge on any atom is -0.338 e. The van der Waals surface area contributed by atoms with Crippen LogP contribution in [0.4, 0.5) is 10.5 Å². The van der Waals surface area contributed by atoms with Crippen molar-refractivity contribution < 1.29 is 14.4 Å². The molecule has 1 aliphatic carbocycles. The summed E-state index contributed by atoms with van der Waals surface area (Å²) in [5.74, 6) is -0.422. The molecule has 3 aliphatic rings. The average Bonchev–Trinajstić information content (AvgIpc) is 2.99. The van der Waals surface area contributed by atoms with E-state index in [9.17, 15) is 14.4 Å². The molecule has 2 bridgehead atoms. The first-order valence-corrected chi connectivity index (χ1v) is 10.5. The van der Waals surface area contributed by atoms with E-state index in [0.29, 0.717) is 12.2 Å². The van der Waals surface area contributed by atoms with Gasteiger partial charge in [-0.15, -0.1) is 0 Å². The molecule has 3 atom stereocenters. The largest absolute Gasteiger partial charge is 0.338 e. The Kier molecular flexibility index (Phi) is 4.52. The highest BCUT2D eigenvalue weighted by molar-refractivity contribution is 6.15. The van der Waals surface area contributed by atoms with Crippen LogP contribution in [-0.2, 0) is 9.59 Å². The number of urea groups is 1. The molecule has 0 aromatic heterocycles. The minimum atomic E-state index is -0.604. The highest BCUT2D eigenvalue weighted by Crippen LogP contribution is 2.52. The second-order valence-electron chi connectivity index (χ2n) is 10.3. The van der Waals surface area contributed by atoms with Gasteiger partial charge in [0.05, 0.1) is 0 Å². The highest BCUT2D eigenvalue weighted by atomic mass is 16.2. The number of carbonyl (C=O) groups is 3. The molecule has 4 amide bonds. The molecule has 0 N–H and O–H groups in total. The van der Waals surface area contributed by atoms with Gasteiger partial charge in [-0.2, -0.15) is 0 Å². The van der Waals surface area contributed by atoms with Gasteiger partial charge < -0.3 is 4.90 Å². The Morgan fingerprint density at radius 3 is 2.41 bits per heavy atom. The van der Waals surface area contributed by atoms with Gasteiger partial charge in [0, 0.05) is 18.3 Å². The van der Waals surface area contributed by atoms with Crippen LogP contribution in [0.25, 0.3) is 0 Å². The van der Waals surface area contributed by atoms with Gasteiger partial charge >= 0.3 is 6.03 Å². The second kappa shape index (κ2) is 6.57. The lowest BCUT2D eigenvalue weighted by Crippen LogP contribution is -2.45. The zero-order valence-electron chi connectivity index (χ0n) is 18.1. The van der Waals surface area contributed by atoms with E-state index in [4.69, 9.17) is 0 Å². The maximum absolute atomic E-state index is 13.1. The standard InChI is InChI=1S/C23H31N3O3/c1-15-6-8-17(9-7-15)26-16(2)20(28)24(21(26)29)12-19(27)25-14-23(5)11-18(25)10-22(3,4)13-23/h6-9,16,18H,10-14H2,1-5H3/t16-,18+,23+/m1/s1. The lowest BCUT2D eigenvalue weighted by molar-refractivity contribution is -0.138. The summed E-state index contributed by atoms with van der Waals surface area (Å²) < 4.78 is 0. The molecule has 2 aliphatic heterocycles. The van der Waals surface area contributed by atoms with Crippen molar-refractivity contribution in [2.24, 2.45) is 10.8 Å². The Morgan fingerprint density at radius 2 is 1.76 bits per heavy atom. The zero-order chi connectivity index (χ0) is 21.1. The monoisotopic (exact) mass is 397 g/mol. The Morgan fingerprint density at radius 1 is 1.10 bits per heavy atom. The minimum absolute atomic E-state index is 0.115. The van der Waals surface area contributed by atoms with E-state index < -0.39 is 12.1 Å². The van der Waals surface area contributed by atoms with E-state index in [1.807, 2.05) is 36.1 Å². The summed E-state index contributed by atoms with van der Waals surface area (Å²) in [6.45, 7) is 11.0. The van der Waals surface area contributed by atoms with Gasteiger partial charge in [-0.05, 0) is 56.1 Å². The number of likely N-dealkylation sites (tertiary alicyclic amines) is 1. The lowest BCUT2D eigenvalue weighted by atomic mass is 9.65. The summed E-state index contributed by atoms with van der Waals surface area (Å²) in [6.07, 6.45) is 3.08. The predicted molar refractivity (Wildman–Crippen MR) is 111 cm³/mol. The van der Waals surface area contributed by atoms with Crippen molar-refractivity contribution in [2.45, 2.75) is 66.0 Å². The van der Waals surface area contributed by atoms with E-state index in [-0.39, 0.29) is 35.2 Å². The number of fused-ring (bicyclic) bond motifs is 2. The Balaban J connectivity index is 1.51. The van der Waals surface area contributed by atoms with Crippen molar-refractivity contribution in [1.82, 2.24) is 9.80 Å². The summed E-state index contributed by atoms with van der Waals surface area (Å²) in [7, 11) is 0. The number of carbonyl (C=O) groups excluding carboxylic acids is 3. The van der Waals surface area contributed by atoms with Crippen LogP contribution in [0.3, 0.4) is 0 Å². The molecule has 0 radical (unpaired) electrons. The SMILES string of the molecule is Cc1ccc(N2C(=O)N(CC(=O)N3C[C@@]4(C)C[C@@H]3CC(C)(C)C4)C(=O)[C@H]2C)cc1. The van der Waals surface area contributed by atoms with E-state index >= 15 is 0 Å². The number of aryl methyl sites for hydroxylation is 1. The molecule has 3 fully saturated rings. The molecule has 4 rings (SSSR count). The second-order valence-corrected chi connectivity index (χ2v) is 10.3. The first-order chi connectivity index (χ1) is 13.5. The fourth-order valence-electron chi connectivity index (χ4n) is 5.89. The maximum atomic E-state index is 13.1. The summed E-state index contributed by atoms with van der Waals surface area (Å²) in [5, 5.41) is 0. The Labute approximate surface area is 172 Å². The molecule has 0 spiro atoms. The summed E-state index contributed by atoms with van der Waals surface area (Å²) in [5.41, 5.74) is 2.11. The van der Waals surface area contributed by atoms with Crippen molar-refractivity contribution in [3.05, 3.63) is 29.8 Å². The Bertz CT molecular complexity index is 863. The molecule has 2 heterocycles. The van der Waals surface area contributed by atoms with Gasteiger partial charge in [-0.1, -0.05) is 38.5 Å². The van der Waals surface area contributed by atoms with E-state index in [1.54, 1.807) is 6.92 Å². The number of rotatable bonds is 3. The quantitative estimate of drug-likeness (QED) is 0.733. The molecule has 1 aromatic rings. The number of amides is 4. The number of imide groups is 1. The van der Waals surface area contributed by atoms with Crippen molar-refractivity contribution >= 4 is 23.5 Å². The third kappa shape index (κ3) is 3.43.